The van der Waals surface area contributed by atoms with Gasteiger partial charge in [-0.25, -0.2) is 0 Å². The minimum Gasteiger partial charge on any atom is -0.313 e. The van der Waals surface area contributed by atoms with Crippen molar-refractivity contribution in [1.29, 1.82) is 0 Å². The van der Waals surface area contributed by atoms with Gasteiger partial charge < -0.3 is 5.32 Å². The Hall–Kier alpha value is -0.890. The Labute approximate surface area is 98.5 Å². The molecule has 1 fully saturated rings. The summed E-state index contributed by atoms with van der Waals surface area (Å²) in [6.45, 7) is 3.42. The van der Waals surface area contributed by atoms with Crippen molar-refractivity contribution in [2.45, 2.75) is 45.1 Å². The van der Waals surface area contributed by atoms with Crippen LogP contribution in [0.2, 0.25) is 0 Å². The van der Waals surface area contributed by atoms with Gasteiger partial charge in [-0.2, -0.15) is 0 Å². The number of hydrogen-bond donors (Lipinski definition) is 1. The van der Waals surface area contributed by atoms with Gasteiger partial charge in [0.05, 0.1) is 0 Å². The second kappa shape index (κ2) is 6.00. The van der Waals surface area contributed by atoms with Gasteiger partial charge in [0, 0.05) is 18.4 Å². The van der Waals surface area contributed by atoms with Crippen molar-refractivity contribution in [3.8, 4) is 0 Å². The molecule has 1 N–H and O–H groups in total. The Morgan fingerprint density at radius 3 is 2.88 bits per heavy atom. The van der Waals surface area contributed by atoms with Crippen LogP contribution in [0.1, 0.15) is 38.2 Å². The molecule has 1 aliphatic rings. The first-order chi connectivity index (χ1) is 7.90. The van der Waals surface area contributed by atoms with Gasteiger partial charge in [-0.1, -0.05) is 19.8 Å². The largest absolute Gasteiger partial charge is 0.313 e. The van der Waals surface area contributed by atoms with Crippen LogP contribution < -0.4 is 5.32 Å². The van der Waals surface area contributed by atoms with Gasteiger partial charge in [0.25, 0.3) is 0 Å². The van der Waals surface area contributed by atoms with Crippen LogP contribution in [-0.4, -0.2) is 17.6 Å². The van der Waals surface area contributed by atoms with Gasteiger partial charge in [-0.3, -0.25) is 4.98 Å². The molecule has 1 heterocycles. The second-order valence-electron chi connectivity index (χ2n) is 4.77. The third-order valence-corrected chi connectivity index (χ3v) is 3.75. The van der Waals surface area contributed by atoms with Crippen LogP contribution in [-0.2, 0) is 6.42 Å². The fraction of sp³-hybridized carbons (Fsp3) is 0.643. The average Bonchev–Trinajstić information content (AvgIpc) is 2.78. The van der Waals surface area contributed by atoms with Crippen LogP contribution >= 0.6 is 0 Å². The first-order valence-electron chi connectivity index (χ1n) is 6.52. The summed E-state index contributed by atoms with van der Waals surface area (Å²) in [5, 5.41) is 3.71. The summed E-state index contributed by atoms with van der Waals surface area (Å²) in [5.41, 5.74) is 1.38. The van der Waals surface area contributed by atoms with E-state index in [0.29, 0.717) is 0 Å². The van der Waals surface area contributed by atoms with Gasteiger partial charge in [-0.15, -0.1) is 0 Å². The number of nitrogens with zero attached hydrogens (tertiary/aromatic N) is 1. The minimum absolute atomic E-state index is 0.770. The van der Waals surface area contributed by atoms with E-state index in [2.05, 4.69) is 29.4 Å². The van der Waals surface area contributed by atoms with Crippen LogP contribution in [0.25, 0.3) is 0 Å². The molecule has 2 rings (SSSR count). The highest BCUT2D eigenvalue weighted by Crippen LogP contribution is 2.27. The Morgan fingerprint density at radius 2 is 2.12 bits per heavy atom. The summed E-state index contributed by atoms with van der Waals surface area (Å²) in [5.74, 6) is 0.914. The predicted molar refractivity (Wildman–Crippen MR) is 67.4 cm³/mol. The fourth-order valence-electron chi connectivity index (χ4n) is 2.75. The van der Waals surface area contributed by atoms with Crippen molar-refractivity contribution in [1.82, 2.24) is 10.3 Å². The van der Waals surface area contributed by atoms with E-state index in [1.54, 1.807) is 0 Å². The number of pyridine rings is 1. The molecule has 1 aromatic heterocycles. The van der Waals surface area contributed by atoms with Gasteiger partial charge >= 0.3 is 0 Å². The maximum absolute atomic E-state index is 4.04. The SMILES string of the molecule is CCC1CCCC1NCCc1ccncc1. The lowest BCUT2D eigenvalue weighted by Crippen LogP contribution is -2.33. The van der Waals surface area contributed by atoms with Gasteiger partial charge in [0.15, 0.2) is 0 Å². The lowest BCUT2D eigenvalue weighted by Gasteiger charge is -2.19. The van der Waals surface area contributed by atoms with Gasteiger partial charge in [0.2, 0.25) is 0 Å². The van der Waals surface area contributed by atoms with Gasteiger partial charge in [-0.05, 0) is 49.4 Å². The van der Waals surface area contributed by atoms with Crippen LogP contribution in [0, 0.1) is 5.92 Å². The first kappa shape index (κ1) is 11.6. The molecular formula is C14H22N2. The molecule has 1 aromatic rings. The Bertz CT molecular complexity index is 297. The lowest BCUT2D eigenvalue weighted by molar-refractivity contribution is 0.393. The van der Waals surface area contributed by atoms with Crippen LogP contribution in [0.4, 0.5) is 0 Å². The van der Waals surface area contributed by atoms with E-state index in [0.717, 1.165) is 24.9 Å². The predicted octanol–water partition coefficient (Wildman–Crippen LogP) is 2.79. The first-order valence-corrected chi connectivity index (χ1v) is 6.52. The lowest BCUT2D eigenvalue weighted by atomic mass is 10.0. The summed E-state index contributed by atoms with van der Waals surface area (Å²) in [6, 6.07) is 4.98. The third kappa shape index (κ3) is 3.05. The molecule has 0 aliphatic heterocycles. The van der Waals surface area contributed by atoms with E-state index in [1.165, 1.54) is 31.2 Å². The molecule has 0 saturated heterocycles. The molecule has 0 radical (unpaired) electrons. The van der Waals surface area contributed by atoms with Crippen LogP contribution in [0.15, 0.2) is 24.5 Å². The quantitative estimate of drug-likeness (QED) is 0.822. The fourth-order valence-corrected chi connectivity index (χ4v) is 2.75. The van der Waals surface area contributed by atoms with Gasteiger partial charge in [0.1, 0.15) is 0 Å². The van der Waals surface area contributed by atoms with E-state index < -0.39 is 0 Å². The number of aromatic nitrogens is 1. The standard InChI is InChI=1S/C14H22N2/c1-2-13-4-3-5-14(13)16-11-8-12-6-9-15-10-7-12/h6-7,9-10,13-14,16H,2-5,8,11H2,1H3. The summed E-state index contributed by atoms with van der Waals surface area (Å²) in [4.78, 5) is 4.04. The Balaban J connectivity index is 1.72. The maximum Gasteiger partial charge on any atom is 0.0270 e. The van der Waals surface area contributed by atoms with Crippen molar-refractivity contribution in [3.63, 3.8) is 0 Å². The molecule has 88 valence electrons. The van der Waals surface area contributed by atoms with E-state index in [4.69, 9.17) is 0 Å². The zero-order valence-electron chi connectivity index (χ0n) is 10.2. The third-order valence-electron chi connectivity index (χ3n) is 3.75. The topological polar surface area (TPSA) is 24.9 Å². The normalized spacial score (nSPS) is 24.8. The smallest absolute Gasteiger partial charge is 0.0270 e. The summed E-state index contributed by atoms with van der Waals surface area (Å²) < 4.78 is 0. The summed E-state index contributed by atoms with van der Waals surface area (Å²) in [6.07, 6.45) is 10.4. The molecule has 0 spiro atoms. The molecule has 0 amide bonds. The van der Waals surface area contributed by atoms with E-state index >= 15 is 0 Å². The molecule has 2 unspecified atom stereocenters. The van der Waals surface area contributed by atoms with Crippen molar-refractivity contribution in [2.75, 3.05) is 6.54 Å². The zero-order valence-corrected chi connectivity index (χ0v) is 10.2. The van der Waals surface area contributed by atoms with Crippen molar-refractivity contribution in [3.05, 3.63) is 30.1 Å². The highest BCUT2D eigenvalue weighted by atomic mass is 14.9. The molecule has 0 bridgehead atoms. The molecular weight excluding hydrogens is 196 g/mol. The maximum atomic E-state index is 4.04. The molecule has 2 heteroatoms. The molecule has 16 heavy (non-hydrogen) atoms. The van der Waals surface area contributed by atoms with Crippen LogP contribution in [0.5, 0.6) is 0 Å². The molecule has 1 aliphatic carbocycles. The highest BCUT2D eigenvalue weighted by molar-refractivity contribution is 5.09. The van der Waals surface area contributed by atoms with Crippen molar-refractivity contribution in [2.24, 2.45) is 5.92 Å². The van der Waals surface area contributed by atoms with E-state index in [1.807, 2.05) is 12.4 Å². The monoisotopic (exact) mass is 218 g/mol. The number of hydrogen-bond acceptors (Lipinski definition) is 2. The Morgan fingerprint density at radius 1 is 1.31 bits per heavy atom. The second-order valence-corrected chi connectivity index (χ2v) is 4.77. The molecule has 2 nitrogen and oxygen atoms in total. The molecule has 2 atom stereocenters. The van der Waals surface area contributed by atoms with E-state index in [-0.39, 0.29) is 0 Å². The molecule has 0 aromatic carbocycles. The Kier molecular flexibility index (Phi) is 4.34. The van der Waals surface area contributed by atoms with Crippen molar-refractivity contribution < 1.29 is 0 Å². The minimum atomic E-state index is 0.770. The molecule has 1 saturated carbocycles. The average molecular weight is 218 g/mol. The number of nitrogens with one attached hydrogen (secondary N) is 1. The summed E-state index contributed by atoms with van der Waals surface area (Å²) >= 11 is 0. The zero-order chi connectivity index (χ0) is 11.2. The van der Waals surface area contributed by atoms with E-state index in [9.17, 15) is 0 Å². The number of rotatable bonds is 5. The van der Waals surface area contributed by atoms with Crippen LogP contribution in [0.3, 0.4) is 0 Å². The summed E-state index contributed by atoms with van der Waals surface area (Å²) in [7, 11) is 0. The van der Waals surface area contributed by atoms with Crippen molar-refractivity contribution >= 4 is 0 Å². The highest BCUT2D eigenvalue weighted by Gasteiger charge is 2.24.